The quantitative estimate of drug-likeness (QED) is 0.0872. The third-order valence-corrected chi connectivity index (χ3v) is 10.1. The number of thioether (sulfide) groups is 4. The van der Waals surface area contributed by atoms with Gasteiger partial charge in [0.1, 0.15) is 0 Å². The average molecular weight is 892 g/mol. The highest BCUT2D eigenvalue weighted by Gasteiger charge is 2.20. The lowest BCUT2D eigenvalue weighted by molar-refractivity contribution is 0.0324. The molecule has 2 saturated carbocycles. The molecular formula is C35H69Cl2IN2O3S4. The number of likely N-dealkylation sites (tertiary alicyclic amines) is 1. The van der Waals surface area contributed by atoms with Crippen molar-refractivity contribution >= 4 is 94.2 Å². The molecule has 0 bridgehead atoms. The first-order chi connectivity index (χ1) is 22.4. The number of nitrogens with two attached hydrogens (primary N) is 1. The molecule has 0 unspecified atom stereocenters. The molecule has 0 aromatic heterocycles. The van der Waals surface area contributed by atoms with Gasteiger partial charge >= 0.3 is 0 Å². The fourth-order valence-electron chi connectivity index (χ4n) is 5.09. The molecule has 3 fully saturated rings. The van der Waals surface area contributed by atoms with Crippen LogP contribution in [0.25, 0.3) is 0 Å². The van der Waals surface area contributed by atoms with E-state index in [4.69, 9.17) is 43.5 Å². The van der Waals surface area contributed by atoms with E-state index in [1.54, 1.807) is 35.3 Å². The Hall–Kier alpha value is 1.73. The smallest absolute Gasteiger partial charge is 0.0921 e. The molecule has 1 atom stereocenters. The van der Waals surface area contributed by atoms with Crippen LogP contribution in [0.3, 0.4) is 0 Å². The van der Waals surface area contributed by atoms with Crippen molar-refractivity contribution in [3.05, 3.63) is 30.3 Å². The van der Waals surface area contributed by atoms with Gasteiger partial charge in [-0.1, -0.05) is 56.7 Å². The van der Waals surface area contributed by atoms with E-state index in [0.29, 0.717) is 24.0 Å². The first-order valence-electron chi connectivity index (χ1n) is 17.0. The van der Waals surface area contributed by atoms with Gasteiger partial charge in [-0.05, 0) is 88.6 Å². The number of hydrogen-bond acceptors (Lipinski definition) is 9. The largest absolute Gasteiger partial charge is 0.393 e. The molecule has 0 radical (unpaired) electrons. The van der Waals surface area contributed by atoms with Gasteiger partial charge in [-0.3, -0.25) is 0 Å². The van der Waals surface area contributed by atoms with Crippen molar-refractivity contribution in [2.24, 2.45) is 5.73 Å². The van der Waals surface area contributed by atoms with Crippen LogP contribution in [0.2, 0.25) is 0 Å². The van der Waals surface area contributed by atoms with E-state index in [0.717, 1.165) is 69.4 Å². The molecule has 47 heavy (non-hydrogen) atoms. The minimum absolute atomic E-state index is 0. The number of ether oxygens (including phenoxy) is 2. The number of alkyl halides is 2. The molecule has 5 nitrogen and oxygen atoms in total. The first kappa shape index (κ1) is 50.8. The Morgan fingerprint density at radius 3 is 1.70 bits per heavy atom. The lowest BCUT2D eigenvalue weighted by Crippen LogP contribution is -2.39. The van der Waals surface area contributed by atoms with Crippen molar-refractivity contribution in [3.63, 3.8) is 0 Å². The molecule has 0 spiro atoms. The van der Waals surface area contributed by atoms with Crippen molar-refractivity contribution in [1.82, 2.24) is 4.90 Å². The van der Waals surface area contributed by atoms with E-state index in [1.165, 1.54) is 56.3 Å². The summed E-state index contributed by atoms with van der Waals surface area (Å²) < 4.78 is 11.4. The highest BCUT2D eigenvalue weighted by molar-refractivity contribution is 14.0. The zero-order valence-electron chi connectivity index (χ0n) is 29.6. The Balaban J connectivity index is -0.000000644. The number of benzene rings is 1. The molecule has 4 rings (SSSR count). The fraction of sp³-hybridized carbons (Fsp3) is 0.829. The standard InChI is InChI=1S/C17H28N2OS2.C8H16OS.C6H12O.C2H4Cl2.C2H6S.HI.H2/c1-21-14-20-16-8-11-19(12-9-16)10-7-15(18)13-22-17-5-3-2-4-6-17;1-10-7-9-8-5-3-2-4-6-8;7-6-4-2-1-3-5-6;3-1-2-4;1-3-2;;/h2-6,15-16H,7-14,18H2,1H3;8H,2-7H2,1H3;6-7H,1-5H2;1-2H2;1-2H3;2*1H/t15-;;;;;;/m1....../s1. The molecule has 1 aliphatic heterocycles. The van der Waals surface area contributed by atoms with Crippen molar-refractivity contribution in [3.8, 4) is 0 Å². The van der Waals surface area contributed by atoms with Gasteiger partial charge in [-0.2, -0.15) is 11.8 Å². The van der Waals surface area contributed by atoms with Crippen LogP contribution in [-0.2, 0) is 9.47 Å². The third-order valence-electron chi connectivity index (χ3n) is 7.60. The van der Waals surface area contributed by atoms with Gasteiger partial charge in [0.05, 0.1) is 30.2 Å². The Bertz CT molecular complexity index is 741. The molecule has 0 amide bonds. The number of hydrogen-bond donors (Lipinski definition) is 2. The monoisotopic (exact) mass is 890 g/mol. The van der Waals surface area contributed by atoms with Crippen molar-refractivity contribution in [1.29, 1.82) is 0 Å². The van der Waals surface area contributed by atoms with Gasteiger partial charge < -0.3 is 25.2 Å². The summed E-state index contributed by atoms with van der Waals surface area (Å²) in [6, 6.07) is 10.8. The van der Waals surface area contributed by atoms with Crippen LogP contribution in [-0.4, -0.2) is 108 Å². The van der Waals surface area contributed by atoms with E-state index >= 15 is 0 Å². The molecule has 1 aromatic rings. The van der Waals surface area contributed by atoms with Crippen LogP contribution in [0.4, 0.5) is 0 Å². The predicted octanol–water partition coefficient (Wildman–Crippen LogP) is 10.6. The molecule has 1 heterocycles. The zero-order chi connectivity index (χ0) is 34.1. The summed E-state index contributed by atoms with van der Waals surface area (Å²) in [5.41, 5.74) is 6.26. The van der Waals surface area contributed by atoms with Crippen LogP contribution in [0, 0.1) is 0 Å². The van der Waals surface area contributed by atoms with E-state index in [1.807, 2.05) is 24.3 Å². The molecule has 1 aromatic carbocycles. The molecule has 3 aliphatic rings. The Morgan fingerprint density at radius 2 is 1.28 bits per heavy atom. The lowest BCUT2D eigenvalue weighted by Gasteiger charge is -2.32. The highest BCUT2D eigenvalue weighted by Crippen LogP contribution is 2.21. The Kier molecular flexibility index (Phi) is 42.1. The molecule has 12 heteroatoms. The van der Waals surface area contributed by atoms with Crippen LogP contribution < -0.4 is 5.73 Å². The maximum Gasteiger partial charge on any atom is 0.0921 e. The molecule has 2 aliphatic carbocycles. The minimum Gasteiger partial charge on any atom is -0.393 e. The van der Waals surface area contributed by atoms with Crippen LogP contribution in [0.5, 0.6) is 0 Å². The molecule has 1 saturated heterocycles. The van der Waals surface area contributed by atoms with Crippen molar-refractivity contribution in [2.45, 2.75) is 113 Å². The Labute approximate surface area is 335 Å². The highest BCUT2D eigenvalue weighted by atomic mass is 127. The average Bonchev–Trinajstić information content (AvgIpc) is 3.10. The topological polar surface area (TPSA) is 68.0 Å². The summed E-state index contributed by atoms with van der Waals surface area (Å²) in [5.74, 6) is 3.82. The number of aliphatic hydroxyl groups excluding tert-OH is 1. The minimum atomic E-state index is 0. The van der Waals surface area contributed by atoms with E-state index < -0.39 is 0 Å². The van der Waals surface area contributed by atoms with Crippen LogP contribution in [0.1, 0.15) is 84.9 Å². The molecule has 282 valence electrons. The third kappa shape index (κ3) is 33.3. The fourth-order valence-corrected chi connectivity index (χ4v) is 6.67. The maximum atomic E-state index is 8.91. The predicted molar refractivity (Wildman–Crippen MR) is 233 cm³/mol. The summed E-state index contributed by atoms with van der Waals surface area (Å²) >= 11 is 17.2. The Morgan fingerprint density at radius 1 is 0.809 bits per heavy atom. The normalized spacial score (nSPS) is 18.0. The molecule has 3 N–H and O–H groups in total. The lowest BCUT2D eigenvalue weighted by atomic mass is 9.98. The number of rotatable bonds is 13. The first-order valence-corrected chi connectivity index (χ1v) is 23.5. The second-order valence-electron chi connectivity index (χ2n) is 11.7. The second-order valence-corrected chi connectivity index (χ2v) is 16.0. The maximum absolute atomic E-state index is 8.91. The van der Waals surface area contributed by atoms with Crippen LogP contribution >= 0.6 is 94.2 Å². The zero-order valence-corrected chi connectivity index (χ0v) is 36.7. The van der Waals surface area contributed by atoms with Crippen molar-refractivity contribution < 1.29 is 16.0 Å². The van der Waals surface area contributed by atoms with Gasteiger partial charge in [-0.25, -0.2) is 0 Å². The van der Waals surface area contributed by atoms with Gasteiger partial charge in [-0.15, -0.1) is 82.5 Å². The number of aliphatic hydroxyl groups is 1. The number of halogens is 3. The summed E-state index contributed by atoms with van der Waals surface area (Å²) in [6.45, 7) is 3.42. The van der Waals surface area contributed by atoms with E-state index in [2.05, 4.69) is 47.7 Å². The van der Waals surface area contributed by atoms with Gasteiger partial charge in [0.15, 0.2) is 0 Å². The second kappa shape index (κ2) is 38.9. The summed E-state index contributed by atoms with van der Waals surface area (Å²) in [4.78, 5) is 3.84. The van der Waals surface area contributed by atoms with Crippen LogP contribution in [0.15, 0.2) is 35.2 Å². The van der Waals surface area contributed by atoms with Gasteiger partial charge in [0.25, 0.3) is 0 Å². The van der Waals surface area contributed by atoms with E-state index in [-0.39, 0.29) is 37.5 Å². The summed E-state index contributed by atoms with van der Waals surface area (Å²) in [7, 11) is 0. The van der Waals surface area contributed by atoms with E-state index in [9.17, 15) is 0 Å². The number of piperidine rings is 1. The molecular weight excluding hydrogens is 822 g/mol. The summed E-state index contributed by atoms with van der Waals surface area (Å²) in [5, 5.41) is 8.91. The number of nitrogens with zero attached hydrogens (tertiary/aromatic N) is 1. The van der Waals surface area contributed by atoms with Gasteiger partial charge in [0.2, 0.25) is 0 Å². The van der Waals surface area contributed by atoms with Gasteiger partial charge in [0, 0.05) is 43.0 Å². The summed E-state index contributed by atoms with van der Waals surface area (Å²) in [6.07, 6.45) is 25.4. The SMILES string of the molecule is CSC.CSCOC1CCCCC1.CSCOC1CCN(CC[C@@H](N)CSc2ccccc2)CC1.ClCCCl.I.OC1CCCCC1.[HH]. The van der Waals surface area contributed by atoms with Crippen molar-refractivity contribution in [2.75, 3.05) is 74.0 Å².